The molecule has 0 aliphatic rings. The van der Waals surface area contributed by atoms with Crippen molar-refractivity contribution in [2.45, 2.75) is 18.6 Å². The summed E-state index contributed by atoms with van der Waals surface area (Å²) in [5.41, 5.74) is 6.94. The molecule has 1 rings (SSSR count). The number of amides is 1. The van der Waals surface area contributed by atoms with Crippen LogP contribution in [0.4, 0.5) is 0 Å². The summed E-state index contributed by atoms with van der Waals surface area (Å²) in [4.78, 5) is 27.5. The second kappa shape index (κ2) is 8.35. The van der Waals surface area contributed by atoms with Crippen LogP contribution < -0.4 is 5.73 Å². The van der Waals surface area contributed by atoms with E-state index in [2.05, 4.69) is 0 Å². The number of aliphatic carboxylic acids is 1. The van der Waals surface area contributed by atoms with E-state index >= 15 is 0 Å². The number of carboxylic acids is 1. The number of carbonyl (C=O) groups excluding carboxylic acids is 1. The summed E-state index contributed by atoms with van der Waals surface area (Å²) < 4.78 is 5.13. The molecule has 21 heavy (non-hydrogen) atoms. The third-order valence-corrected chi connectivity index (χ3v) is 2.92. The van der Waals surface area contributed by atoms with Crippen molar-refractivity contribution < 1.29 is 24.3 Å². The van der Waals surface area contributed by atoms with Gasteiger partial charge >= 0.3 is 5.97 Å². The second-order valence-corrected chi connectivity index (χ2v) is 4.50. The van der Waals surface area contributed by atoms with E-state index in [1.54, 1.807) is 0 Å². The first-order valence-electron chi connectivity index (χ1n) is 6.40. The van der Waals surface area contributed by atoms with E-state index in [1.165, 1.54) is 14.2 Å². The molecule has 1 amide bonds. The maximum Gasteiger partial charge on any atom is 0.329 e. The molecule has 0 aliphatic heterocycles. The van der Waals surface area contributed by atoms with Crippen LogP contribution in [-0.2, 0) is 25.6 Å². The molecule has 1 aromatic carbocycles. The zero-order valence-corrected chi connectivity index (χ0v) is 12.1. The number of hydroxylamine groups is 2. The number of hydrogen-bond acceptors (Lipinski definition) is 5. The summed E-state index contributed by atoms with van der Waals surface area (Å²) in [5.74, 6) is -1.69. The van der Waals surface area contributed by atoms with Crippen molar-refractivity contribution in [2.75, 3.05) is 20.8 Å². The van der Waals surface area contributed by atoms with E-state index in [4.69, 9.17) is 20.4 Å². The molecule has 7 nitrogen and oxygen atoms in total. The number of nitrogens with two attached hydrogens (primary N) is 1. The lowest BCUT2D eigenvalue weighted by Gasteiger charge is -2.26. The fraction of sp³-hybridized carbons (Fsp3) is 0.429. The summed E-state index contributed by atoms with van der Waals surface area (Å²) >= 11 is 0. The number of nitrogens with zero attached hydrogens (tertiary/aromatic N) is 1. The molecule has 3 N–H and O–H groups in total. The van der Waals surface area contributed by atoms with Crippen molar-refractivity contribution in [2.24, 2.45) is 5.73 Å². The number of benzene rings is 1. The van der Waals surface area contributed by atoms with Gasteiger partial charge in [-0.05, 0) is 12.0 Å². The zero-order chi connectivity index (χ0) is 15.8. The van der Waals surface area contributed by atoms with Gasteiger partial charge in [0.05, 0.1) is 7.11 Å². The first-order chi connectivity index (χ1) is 9.95. The minimum atomic E-state index is -1.17. The van der Waals surface area contributed by atoms with Gasteiger partial charge in [0.25, 0.3) is 5.91 Å². The lowest BCUT2D eigenvalue weighted by Crippen LogP contribution is -2.49. The first kappa shape index (κ1) is 17.1. The van der Waals surface area contributed by atoms with Gasteiger partial charge in [-0.2, -0.15) is 0 Å². The van der Waals surface area contributed by atoms with Gasteiger partial charge in [-0.25, -0.2) is 9.86 Å². The Hall–Kier alpha value is -1.96. The SMILES string of the molecule is CON(C)C(=O)C(OCC(=O)O)C(N)Cc1ccccc1. The van der Waals surface area contributed by atoms with Gasteiger partial charge in [-0.1, -0.05) is 30.3 Å². The van der Waals surface area contributed by atoms with Crippen molar-refractivity contribution in [3.05, 3.63) is 35.9 Å². The van der Waals surface area contributed by atoms with E-state index in [-0.39, 0.29) is 0 Å². The van der Waals surface area contributed by atoms with Crippen LogP contribution in [0.1, 0.15) is 5.56 Å². The van der Waals surface area contributed by atoms with E-state index in [0.29, 0.717) is 6.42 Å². The Bertz CT molecular complexity index is 466. The molecule has 7 heteroatoms. The summed E-state index contributed by atoms with van der Waals surface area (Å²) in [6, 6.07) is 8.65. The number of hydrogen-bond donors (Lipinski definition) is 2. The molecule has 0 bridgehead atoms. The minimum absolute atomic E-state index is 0.383. The van der Waals surface area contributed by atoms with Crippen LogP contribution in [0.15, 0.2) is 30.3 Å². The van der Waals surface area contributed by atoms with Crippen LogP contribution in [-0.4, -0.2) is 55.0 Å². The summed E-state index contributed by atoms with van der Waals surface area (Å²) in [6.07, 6.45) is -0.708. The molecule has 0 saturated carbocycles. The summed E-state index contributed by atoms with van der Waals surface area (Å²) in [7, 11) is 2.74. The fourth-order valence-electron chi connectivity index (χ4n) is 1.80. The van der Waals surface area contributed by atoms with Gasteiger partial charge < -0.3 is 15.6 Å². The average molecular weight is 296 g/mol. The van der Waals surface area contributed by atoms with Crippen molar-refractivity contribution >= 4 is 11.9 Å². The van der Waals surface area contributed by atoms with Crippen LogP contribution in [0.2, 0.25) is 0 Å². The molecule has 2 unspecified atom stereocenters. The number of ether oxygens (including phenoxy) is 1. The predicted octanol–water partition coefficient (Wildman–Crippen LogP) is 0.0460. The van der Waals surface area contributed by atoms with Gasteiger partial charge in [0.2, 0.25) is 0 Å². The molecule has 0 radical (unpaired) electrons. The predicted molar refractivity (Wildman–Crippen MR) is 75.3 cm³/mol. The quantitative estimate of drug-likeness (QED) is 0.657. The van der Waals surface area contributed by atoms with Crippen LogP contribution in [0, 0.1) is 0 Å². The Morgan fingerprint density at radius 1 is 1.33 bits per heavy atom. The maximum atomic E-state index is 12.1. The highest BCUT2D eigenvalue weighted by Crippen LogP contribution is 2.09. The van der Waals surface area contributed by atoms with Crippen molar-refractivity contribution in [1.82, 2.24) is 5.06 Å². The van der Waals surface area contributed by atoms with Gasteiger partial charge in [-0.3, -0.25) is 9.63 Å². The van der Waals surface area contributed by atoms with Crippen LogP contribution in [0.25, 0.3) is 0 Å². The van der Waals surface area contributed by atoms with Crippen molar-refractivity contribution in [3.63, 3.8) is 0 Å². The standard InChI is InChI=1S/C14H20N2O5/c1-16(20-2)14(19)13(21-9-12(17)18)11(15)8-10-6-4-3-5-7-10/h3-7,11,13H,8-9,15H2,1-2H3,(H,17,18). The zero-order valence-electron chi connectivity index (χ0n) is 12.1. The summed E-state index contributed by atoms with van der Waals surface area (Å²) in [6.45, 7) is -0.601. The molecule has 2 atom stereocenters. The number of likely N-dealkylation sites (N-methyl/N-ethyl adjacent to an activating group) is 1. The lowest BCUT2D eigenvalue weighted by atomic mass is 10.0. The highest BCUT2D eigenvalue weighted by molar-refractivity contribution is 5.81. The molecule has 0 fully saturated rings. The highest BCUT2D eigenvalue weighted by Gasteiger charge is 2.30. The van der Waals surface area contributed by atoms with Crippen LogP contribution in [0.3, 0.4) is 0 Å². The molecule has 0 saturated heterocycles. The van der Waals surface area contributed by atoms with Crippen molar-refractivity contribution in [1.29, 1.82) is 0 Å². The average Bonchev–Trinajstić information content (AvgIpc) is 2.47. The topological polar surface area (TPSA) is 102 Å². The van der Waals surface area contributed by atoms with E-state index in [1.807, 2.05) is 30.3 Å². The Labute approximate surface area is 123 Å². The highest BCUT2D eigenvalue weighted by atomic mass is 16.7. The summed E-state index contributed by atoms with van der Waals surface area (Å²) in [5, 5.41) is 9.66. The smallest absolute Gasteiger partial charge is 0.329 e. The normalized spacial score (nSPS) is 13.5. The molecule has 0 heterocycles. The molecular weight excluding hydrogens is 276 g/mol. The van der Waals surface area contributed by atoms with Crippen LogP contribution in [0.5, 0.6) is 0 Å². The third-order valence-electron chi connectivity index (χ3n) is 2.92. The largest absolute Gasteiger partial charge is 0.480 e. The number of carbonyl (C=O) groups is 2. The Morgan fingerprint density at radius 3 is 2.48 bits per heavy atom. The monoisotopic (exact) mass is 296 g/mol. The van der Waals surface area contributed by atoms with Gasteiger partial charge in [0.15, 0.2) is 6.10 Å². The molecule has 0 aromatic heterocycles. The molecule has 116 valence electrons. The Kier molecular flexibility index (Phi) is 6.80. The maximum absolute atomic E-state index is 12.1. The fourth-order valence-corrected chi connectivity index (χ4v) is 1.80. The number of rotatable bonds is 8. The van der Waals surface area contributed by atoms with Crippen molar-refractivity contribution in [3.8, 4) is 0 Å². The Balaban J connectivity index is 2.78. The van der Waals surface area contributed by atoms with E-state index in [9.17, 15) is 9.59 Å². The first-order valence-corrected chi connectivity index (χ1v) is 6.40. The molecular formula is C14H20N2O5. The Morgan fingerprint density at radius 2 is 1.95 bits per heavy atom. The van der Waals surface area contributed by atoms with E-state index in [0.717, 1.165) is 10.6 Å². The molecule has 0 aliphatic carbocycles. The second-order valence-electron chi connectivity index (χ2n) is 4.50. The molecule has 1 aromatic rings. The van der Waals surface area contributed by atoms with Crippen LogP contribution >= 0.6 is 0 Å². The number of carboxylic acid groups (broad SMARTS) is 1. The third kappa shape index (κ3) is 5.50. The minimum Gasteiger partial charge on any atom is -0.480 e. The van der Waals surface area contributed by atoms with E-state index < -0.39 is 30.6 Å². The molecule has 0 spiro atoms. The van der Waals surface area contributed by atoms with Gasteiger partial charge in [-0.15, -0.1) is 0 Å². The van der Waals surface area contributed by atoms with Gasteiger partial charge in [0.1, 0.15) is 6.61 Å². The van der Waals surface area contributed by atoms with Gasteiger partial charge in [0, 0.05) is 13.1 Å². The lowest BCUT2D eigenvalue weighted by molar-refractivity contribution is -0.183.